The summed E-state index contributed by atoms with van der Waals surface area (Å²) in [7, 11) is 3.40. The van der Waals surface area contributed by atoms with Crippen molar-refractivity contribution in [2.45, 2.75) is 130 Å². The third-order valence-corrected chi connectivity index (χ3v) is 10.4. The second-order valence-electron chi connectivity index (χ2n) is 18.6. The van der Waals surface area contributed by atoms with Crippen LogP contribution in [0.1, 0.15) is 150 Å². The Hall–Kier alpha value is -1.92. The molecular formula is C46H58Na2O4. The molecule has 5 rings (SSSR count). The molecule has 4 nitrogen and oxygen atoms in total. The van der Waals surface area contributed by atoms with Crippen LogP contribution in [0.4, 0.5) is 0 Å². The fourth-order valence-corrected chi connectivity index (χ4v) is 7.15. The van der Waals surface area contributed by atoms with Gasteiger partial charge < -0.3 is 19.7 Å². The molecule has 4 aromatic carbocycles. The van der Waals surface area contributed by atoms with Crippen molar-refractivity contribution in [1.29, 1.82) is 0 Å². The third kappa shape index (κ3) is 9.47. The molecule has 0 saturated carbocycles. The van der Waals surface area contributed by atoms with Crippen LogP contribution in [0.5, 0.6) is 23.0 Å². The topological polar surface area (TPSA) is 64.6 Å². The van der Waals surface area contributed by atoms with Crippen molar-refractivity contribution < 1.29 is 78.8 Å². The zero-order valence-corrected chi connectivity index (χ0v) is 39.1. The molecule has 0 fully saturated rings. The molecular weight excluding hydrogens is 662 g/mol. The summed E-state index contributed by atoms with van der Waals surface area (Å²) in [5, 5.41) is 29.2. The molecule has 52 heavy (non-hydrogen) atoms. The molecule has 4 aromatic rings. The molecule has 0 aliphatic heterocycles. The van der Waals surface area contributed by atoms with E-state index in [-0.39, 0.29) is 92.3 Å². The van der Waals surface area contributed by atoms with Gasteiger partial charge in [-0.3, -0.25) is 0 Å². The number of hydrogen-bond acceptors (Lipinski definition) is 4. The summed E-state index contributed by atoms with van der Waals surface area (Å²) in [6.45, 7) is 26.4. The number of ether oxygens (including phenoxy) is 2. The Bertz CT molecular complexity index is 1690. The third-order valence-electron chi connectivity index (χ3n) is 10.4. The maximum absolute atomic E-state index is 14.6. The first-order valence-electron chi connectivity index (χ1n) is 18.1. The van der Waals surface area contributed by atoms with Crippen LogP contribution < -0.4 is 78.8 Å². The van der Waals surface area contributed by atoms with E-state index in [0.29, 0.717) is 25.7 Å². The van der Waals surface area contributed by atoms with Crippen LogP contribution in [0.3, 0.4) is 0 Å². The Kier molecular flexibility index (Phi) is 13.7. The van der Waals surface area contributed by atoms with E-state index in [1.807, 2.05) is 0 Å². The van der Waals surface area contributed by atoms with E-state index in [1.54, 1.807) is 14.2 Å². The zero-order chi connectivity index (χ0) is 37.1. The van der Waals surface area contributed by atoms with Crippen molar-refractivity contribution >= 4 is 0 Å². The van der Waals surface area contributed by atoms with Gasteiger partial charge in [-0.15, -0.1) is 11.5 Å². The average molecular weight is 721 g/mol. The fourth-order valence-electron chi connectivity index (χ4n) is 7.15. The molecule has 1 aliphatic carbocycles. The van der Waals surface area contributed by atoms with Gasteiger partial charge in [0.25, 0.3) is 0 Å². The van der Waals surface area contributed by atoms with Gasteiger partial charge in [-0.1, -0.05) is 154 Å². The monoisotopic (exact) mass is 720 g/mol. The number of rotatable bonds is 2. The predicted molar refractivity (Wildman–Crippen MR) is 204 cm³/mol. The molecule has 1 aliphatic rings. The number of fused-ring (bicyclic) bond motifs is 8. The summed E-state index contributed by atoms with van der Waals surface area (Å²) >= 11 is 0. The Morgan fingerprint density at radius 2 is 0.538 bits per heavy atom. The summed E-state index contributed by atoms with van der Waals surface area (Å²) in [4.78, 5) is 0. The Balaban J connectivity index is 0.00000364. The summed E-state index contributed by atoms with van der Waals surface area (Å²) in [6.07, 6.45) is 1.71. The zero-order valence-electron chi connectivity index (χ0n) is 35.1. The molecule has 0 saturated heterocycles. The minimum Gasteiger partial charge on any atom is -0.872 e. The van der Waals surface area contributed by atoms with E-state index in [4.69, 9.17) is 9.47 Å². The largest absolute Gasteiger partial charge is 1.00 e. The van der Waals surface area contributed by atoms with Crippen LogP contribution in [0.25, 0.3) is 0 Å². The van der Waals surface area contributed by atoms with Crippen LogP contribution in [0.2, 0.25) is 0 Å². The second kappa shape index (κ2) is 16.0. The molecule has 0 spiro atoms. The van der Waals surface area contributed by atoms with Crippen molar-refractivity contribution in [2.75, 3.05) is 14.2 Å². The van der Waals surface area contributed by atoms with Gasteiger partial charge >= 0.3 is 59.1 Å². The number of methoxy groups -OCH3 is 2. The van der Waals surface area contributed by atoms with Crippen LogP contribution in [0, 0.1) is 0 Å². The molecule has 8 bridgehead atoms. The smallest absolute Gasteiger partial charge is 0.872 e. The molecule has 0 heterocycles. The molecule has 0 amide bonds. The maximum atomic E-state index is 14.6. The SMILES string of the molecule is COc1c2cc(C(C)(C)C)cc1Cc1cc(C(C)(C)C)cc(c1[O-])Cc1cc(C(C)(C)C)cc(c1OC)Cc1cc(C(C)(C)C)cc(c1[O-])C2.[Na+].[Na+]. The van der Waals surface area contributed by atoms with E-state index in [0.717, 1.165) is 78.3 Å². The first-order chi connectivity index (χ1) is 23.0. The summed E-state index contributed by atoms with van der Waals surface area (Å²) < 4.78 is 12.4. The van der Waals surface area contributed by atoms with Crippen LogP contribution >= 0.6 is 0 Å². The molecule has 0 atom stereocenters. The Labute approximate surface area is 358 Å². The molecule has 6 heteroatoms. The van der Waals surface area contributed by atoms with Gasteiger partial charge in [-0.05, 0) is 66.2 Å². The van der Waals surface area contributed by atoms with Gasteiger partial charge in [-0.2, -0.15) is 0 Å². The van der Waals surface area contributed by atoms with Crippen molar-refractivity contribution in [1.82, 2.24) is 0 Å². The summed E-state index contributed by atoms with van der Waals surface area (Å²) in [6, 6.07) is 17.2. The standard InChI is InChI=1S/C46H60O4.2Na/c1-43(2,3)35-19-27-15-31-23-37(45(7,8)9)25-33(41(31)49-13)17-29-21-36(44(4,5)6)22-30(40(29)48)18-34-26-38(46(10,11)12)24-32(42(34)50-14)16-28(20-35)39(27)47;;/h19-26,47-48H,15-18H2,1-14H3;;/q;2*+1/p-2. The van der Waals surface area contributed by atoms with Crippen molar-refractivity contribution in [3.05, 3.63) is 115 Å². The molecule has 0 N–H and O–H groups in total. The van der Waals surface area contributed by atoms with E-state index in [9.17, 15) is 10.2 Å². The van der Waals surface area contributed by atoms with Crippen LogP contribution in [0.15, 0.2) is 48.5 Å². The predicted octanol–water partition coefficient (Wildman–Crippen LogP) is 3.73. The molecule has 0 unspecified atom stereocenters. The molecule has 0 aromatic heterocycles. The molecule has 0 radical (unpaired) electrons. The maximum Gasteiger partial charge on any atom is 1.00 e. The summed E-state index contributed by atoms with van der Waals surface area (Å²) in [5.74, 6) is 1.61. The van der Waals surface area contributed by atoms with Gasteiger partial charge in [0.2, 0.25) is 0 Å². The van der Waals surface area contributed by atoms with E-state index < -0.39 is 0 Å². The fraction of sp³-hybridized carbons (Fsp3) is 0.478. The van der Waals surface area contributed by atoms with E-state index in [2.05, 4.69) is 132 Å². The van der Waals surface area contributed by atoms with Crippen LogP contribution in [-0.2, 0) is 47.3 Å². The van der Waals surface area contributed by atoms with Gasteiger partial charge in [0.1, 0.15) is 11.5 Å². The minimum absolute atomic E-state index is 0. The van der Waals surface area contributed by atoms with Crippen LogP contribution in [-0.4, -0.2) is 14.2 Å². The van der Waals surface area contributed by atoms with E-state index in [1.165, 1.54) is 0 Å². The average Bonchev–Trinajstić information content (AvgIpc) is 2.98. The number of benzene rings is 4. The Morgan fingerprint density at radius 3 is 0.692 bits per heavy atom. The van der Waals surface area contributed by atoms with Crippen molar-refractivity contribution in [3.8, 4) is 23.0 Å². The first kappa shape index (κ1) is 44.5. The van der Waals surface area contributed by atoms with Gasteiger partial charge in [-0.25, -0.2) is 0 Å². The van der Waals surface area contributed by atoms with Gasteiger partial charge in [0.05, 0.1) is 14.2 Å². The normalized spacial score (nSPS) is 13.5. The van der Waals surface area contributed by atoms with Gasteiger partial charge in [0.15, 0.2) is 0 Å². The minimum atomic E-state index is -0.166. The van der Waals surface area contributed by atoms with E-state index >= 15 is 0 Å². The number of hydrogen-bond donors (Lipinski definition) is 0. The van der Waals surface area contributed by atoms with Crippen molar-refractivity contribution in [2.24, 2.45) is 0 Å². The molecule has 268 valence electrons. The Morgan fingerprint density at radius 1 is 0.365 bits per heavy atom. The second-order valence-corrected chi connectivity index (χ2v) is 18.6. The summed E-state index contributed by atoms with van der Waals surface area (Å²) in [5.41, 5.74) is 10.8. The quantitative estimate of drug-likeness (QED) is 0.261. The first-order valence-corrected chi connectivity index (χ1v) is 18.1. The van der Waals surface area contributed by atoms with Gasteiger partial charge in [0, 0.05) is 25.7 Å². The van der Waals surface area contributed by atoms with Crippen molar-refractivity contribution in [3.63, 3.8) is 0 Å².